The quantitative estimate of drug-likeness (QED) is 0.819. The molecule has 1 aromatic rings. The van der Waals surface area contributed by atoms with E-state index in [0.29, 0.717) is 0 Å². The van der Waals surface area contributed by atoms with E-state index in [2.05, 4.69) is 4.98 Å². The Balaban J connectivity index is 3.35. The normalized spacial score (nSPS) is 14.2. The molecule has 16 heavy (non-hydrogen) atoms. The molecule has 0 amide bonds. The maximum absolute atomic E-state index is 12.7. The van der Waals surface area contributed by atoms with Gasteiger partial charge in [0.25, 0.3) is 0 Å². The predicted molar refractivity (Wildman–Crippen MR) is 54.0 cm³/mol. The number of hydrogen-bond donors (Lipinski definition) is 1. The highest BCUT2D eigenvalue weighted by Crippen LogP contribution is 2.38. The number of aliphatic hydroxyl groups excluding tert-OH is 1. The van der Waals surface area contributed by atoms with E-state index in [0.717, 1.165) is 12.3 Å². The molecule has 2 nitrogen and oxygen atoms in total. The van der Waals surface area contributed by atoms with Crippen LogP contribution in [-0.4, -0.2) is 10.1 Å². The van der Waals surface area contributed by atoms with E-state index in [9.17, 15) is 18.3 Å². The molecule has 1 heterocycles. The standard InChI is InChI=1S/C10H11ClF3NO/c1-5(2)8(16)7-6(10(12,13)14)3-4-15-9(7)11/h3-5,8,16H,1-2H3. The fourth-order valence-corrected chi connectivity index (χ4v) is 1.58. The van der Waals surface area contributed by atoms with Gasteiger partial charge in [0.05, 0.1) is 11.7 Å². The molecule has 0 saturated carbocycles. The molecule has 0 aliphatic rings. The van der Waals surface area contributed by atoms with E-state index < -0.39 is 17.8 Å². The SMILES string of the molecule is CC(C)C(O)c1c(C(F)(F)F)ccnc1Cl. The van der Waals surface area contributed by atoms with Crippen molar-refractivity contribution in [3.05, 3.63) is 28.5 Å². The lowest BCUT2D eigenvalue weighted by Crippen LogP contribution is -2.16. The predicted octanol–water partition coefficient (Wildman–Crippen LogP) is 3.44. The summed E-state index contributed by atoms with van der Waals surface area (Å²) in [6.07, 6.45) is -4.85. The van der Waals surface area contributed by atoms with Crippen LogP contribution in [0.1, 0.15) is 31.1 Å². The van der Waals surface area contributed by atoms with Crippen molar-refractivity contribution in [1.29, 1.82) is 0 Å². The zero-order valence-electron chi connectivity index (χ0n) is 8.72. The summed E-state index contributed by atoms with van der Waals surface area (Å²) in [5.74, 6) is -0.372. The van der Waals surface area contributed by atoms with E-state index in [1.807, 2.05) is 0 Å². The molecule has 1 rings (SSSR count). The number of aliphatic hydroxyl groups is 1. The number of aromatic nitrogens is 1. The van der Waals surface area contributed by atoms with Gasteiger partial charge in [0, 0.05) is 11.8 Å². The number of halogens is 4. The van der Waals surface area contributed by atoms with Gasteiger partial charge in [-0.25, -0.2) is 4.98 Å². The smallest absolute Gasteiger partial charge is 0.388 e. The largest absolute Gasteiger partial charge is 0.416 e. The van der Waals surface area contributed by atoms with Crippen molar-refractivity contribution in [3.8, 4) is 0 Å². The number of rotatable bonds is 2. The summed E-state index contributed by atoms with van der Waals surface area (Å²) in [4.78, 5) is 3.56. The molecular weight excluding hydrogens is 243 g/mol. The Hall–Kier alpha value is -0.810. The fraction of sp³-hybridized carbons (Fsp3) is 0.500. The lowest BCUT2D eigenvalue weighted by Gasteiger charge is -2.20. The van der Waals surface area contributed by atoms with Crippen molar-refractivity contribution in [3.63, 3.8) is 0 Å². The third-order valence-electron chi connectivity index (χ3n) is 2.17. The summed E-state index contributed by atoms with van der Waals surface area (Å²) >= 11 is 5.60. The summed E-state index contributed by atoms with van der Waals surface area (Å²) in [6.45, 7) is 3.21. The average Bonchev–Trinajstić information content (AvgIpc) is 2.14. The van der Waals surface area contributed by atoms with E-state index in [4.69, 9.17) is 11.6 Å². The molecule has 0 fully saturated rings. The molecule has 90 valence electrons. The van der Waals surface area contributed by atoms with Crippen LogP contribution in [0.5, 0.6) is 0 Å². The van der Waals surface area contributed by atoms with Crippen LogP contribution in [0.3, 0.4) is 0 Å². The van der Waals surface area contributed by atoms with Crippen LogP contribution in [-0.2, 0) is 6.18 Å². The van der Waals surface area contributed by atoms with Crippen molar-refractivity contribution < 1.29 is 18.3 Å². The monoisotopic (exact) mass is 253 g/mol. The Morgan fingerprint density at radius 2 is 1.94 bits per heavy atom. The van der Waals surface area contributed by atoms with Gasteiger partial charge in [0.1, 0.15) is 5.15 Å². The van der Waals surface area contributed by atoms with Crippen LogP contribution >= 0.6 is 11.6 Å². The minimum atomic E-state index is -4.54. The molecular formula is C10H11ClF3NO. The second-order valence-electron chi connectivity index (χ2n) is 3.75. The Morgan fingerprint density at radius 1 is 1.38 bits per heavy atom. The van der Waals surface area contributed by atoms with Gasteiger partial charge in [-0.15, -0.1) is 0 Å². The molecule has 1 unspecified atom stereocenters. The lowest BCUT2D eigenvalue weighted by molar-refractivity contribution is -0.139. The highest BCUT2D eigenvalue weighted by Gasteiger charge is 2.37. The number of hydrogen-bond acceptors (Lipinski definition) is 2. The molecule has 0 saturated heterocycles. The molecule has 0 aliphatic carbocycles. The first-order chi connectivity index (χ1) is 7.25. The van der Waals surface area contributed by atoms with Crippen molar-refractivity contribution in [2.45, 2.75) is 26.1 Å². The maximum Gasteiger partial charge on any atom is 0.416 e. The number of pyridine rings is 1. The Kier molecular flexibility index (Phi) is 3.80. The van der Waals surface area contributed by atoms with Crippen LogP contribution in [0.25, 0.3) is 0 Å². The van der Waals surface area contributed by atoms with Gasteiger partial charge >= 0.3 is 6.18 Å². The van der Waals surface area contributed by atoms with Gasteiger partial charge < -0.3 is 5.11 Å². The molecule has 0 bridgehead atoms. The van der Waals surface area contributed by atoms with Gasteiger partial charge in [-0.3, -0.25) is 0 Å². The van der Waals surface area contributed by atoms with Gasteiger partial charge in [-0.2, -0.15) is 13.2 Å². The molecule has 1 N–H and O–H groups in total. The van der Waals surface area contributed by atoms with Crippen LogP contribution in [0.2, 0.25) is 5.15 Å². The van der Waals surface area contributed by atoms with E-state index in [1.165, 1.54) is 0 Å². The highest BCUT2D eigenvalue weighted by atomic mass is 35.5. The summed E-state index contributed by atoms with van der Waals surface area (Å²) in [5.41, 5.74) is -1.29. The number of alkyl halides is 3. The molecule has 0 aromatic carbocycles. The third-order valence-corrected chi connectivity index (χ3v) is 2.48. The lowest BCUT2D eigenvalue weighted by atomic mass is 9.96. The van der Waals surface area contributed by atoms with E-state index in [1.54, 1.807) is 13.8 Å². The van der Waals surface area contributed by atoms with E-state index >= 15 is 0 Å². The van der Waals surface area contributed by atoms with Crippen LogP contribution < -0.4 is 0 Å². The fourth-order valence-electron chi connectivity index (χ4n) is 1.31. The molecule has 6 heteroatoms. The minimum absolute atomic E-state index is 0.309. The summed E-state index contributed by atoms with van der Waals surface area (Å²) in [5, 5.41) is 9.39. The third kappa shape index (κ3) is 2.65. The molecule has 1 atom stereocenters. The van der Waals surface area contributed by atoms with Crippen molar-refractivity contribution >= 4 is 11.6 Å². The van der Waals surface area contributed by atoms with Crippen LogP contribution in [0, 0.1) is 5.92 Å². The summed E-state index contributed by atoms with van der Waals surface area (Å²) < 4.78 is 38.0. The first-order valence-electron chi connectivity index (χ1n) is 4.64. The average molecular weight is 254 g/mol. The topological polar surface area (TPSA) is 33.1 Å². The Labute approximate surface area is 96.1 Å². The van der Waals surface area contributed by atoms with Crippen LogP contribution in [0.4, 0.5) is 13.2 Å². The molecule has 1 aromatic heterocycles. The van der Waals surface area contributed by atoms with Gasteiger partial charge in [0.2, 0.25) is 0 Å². The van der Waals surface area contributed by atoms with Gasteiger partial charge in [-0.1, -0.05) is 25.4 Å². The minimum Gasteiger partial charge on any atom is -0.388 e. The maximum atomic E-state index is 12.7. The Bertz CT molecular complexity index is 379. The second kappa shape index (κ2) is 4.59. The Morgan fingerprint density at radius 3 is 2.38 bits per heavy atom. The molecule has 0 spiro atoms. The summed E-state index contributed by atoms with van der Waals surface area (Å²) in [7, 11) is 0. The van der Waals surface area contributed by atoms with Gasteiger partial charge in [0.15, 0.2) is 0 Å². The van der Waals surface area contributed by atoms with Crippen molar-refractivity contribution in [1.82, 2.24) is 4.98 Å². The second-order valence-corrected chi connectivity index (χ2v) is 4.11. The first kappa shape index (κ1) is 13.3. The zero-order valence-corrected chi connectivity index (χ0v) is 9.47. The summed E-state index contributed by atoms with van der Waals surface area (Å²) in [6, 6.07) is 0.812. The number of nitrogens with zero attached hydrogens (tertiary/aromatic N) is 1. The molecule has 0 radical (unpaired) electrons. The van der Waals surface area contributed by atoms with Crippen molar-refractivity contribution in [2.24, 2.45) is 5.92 Å². The van der Waals surface area contributed by atoms with E-state index in [-0.39, 0.29) is 16.6 Å². The van der Waals surface area contributed by atoms with Crippen molar-refractivity contribution in [2.75, 3.05) is 0 Å². The highest BCUT2D eigenvalue weighted by molar-refractivity contribution is 6.30. The van der Waals surface area contributed by atoms with Gasteiger partial charge in [-0.05, 0) is 12.0 Å². The van der Waals surface area contributed by atoms with Crippen LogP contribution in [0.15, 0.2) is 12.3 Å². The first-order valence-corrected chi connectivity index (χ1v) is 5.02. The molecule has 0 aliphatic heterocycles. The zero-order chi connectivity index (χ0) is 12.5.